The minimum atomic E-state index is -0.659. The summed E-state index contributed by atoms with van der Waals surface area (Å²) in [5.41, 5.74) is 4.96. The Morgan fingerprint density at radius 1 is 1.29 bits per heavy atom. The van der Waals surface area contributed by atoms with Gasteiger partial charge < -0.3 is 21.5 Å². The molecule has 0 aliphatic rings. The molecule has 0 saturated carbocycles. The van der Waals surface area contributed by atoms with Crippen LogP contribution in [0.2, 0.25) is 5.02 Å². The predicted octanol–water partition coefficient (Wildman–Crippen LogP) is 0.444. The van der Waals surface area contributed by atoms with Crippen molar-refractivity contribution in [2.75, 3.05) is 13.1 Å². The minimum absolute atomic E-state index is 0.119. The third kappa shape index (κ3) is 4.20. The zero-order valence-electron chi connectivity index (χ0n) is 8.87. The minimum Gasteiger partial charge on any atom is -0.507 e. The third-order valence-electron chi connectivity index (χ3n) is 1.91. The maximum Gasteiger partial charge on any atom is 0.312 e. The molecule has 0 aliphatic carbocycles. The van der Waals surface area contributed by atoms with Gasteiger partial charge >= 0.3 is 6.03 Å². The van der Waals surface area contributed by atoms with Gasteiger partial charge in [-0.15, -0.1) is 0 Å². The van der Waals surface area contributed by atoms with E-state index >= 15 is 0 Å². The normalized spacial score (nSPS) is 9.71. The summed E-state index contributed by atoms with van der Waals surface area (Å²) in [5.74, 6) is -0.650. The third-order valence-corrected chi connectivity index (χ3v) is 2.15. The quantitative estimate of drug-likeness (QED) is 0.589. The Morgan fingerprint density at radius 3 is 2.53 bits per heavy atom. The topological polar surface area (TPSA) is 104 Å². The molecule has 1 rings (SSSR count). The van der Waals surface area contributed by atoms with Gasteiger partial charge in [0.2, 0.25) is 0 Å². The number of phenolic OH excluding ortho intramolecular Hbond substituents is 1. The fraction of sp³-hybridized carbons (Fsp3) is 0.200. The Balaban J connectivity index is 2.50. The van der Waals surface area contributed by atoms with Crippen LogP contribution in [0.25, 0.3) is 0 Å². The van der Waals surface area contributed by atoms with Gasteiger partial charge in [0.1, 0.15) is 5.75 Å². The molecular formula is C10H12ClN3O3. The van der Waals surface area contributed by atoms with E-state index < -0.39 is 11.9 Å². The Morgan fingerprint density at radius 2 is 1.94 bits per heavy atom. The van der Waals surface area contributed by atoms with Crippen molar-refractivity contribution < 1.29 is 14.7 Å². The maximum atomic E-state index is 11.6. The molecule has 0 radical (unpaired) electrons. The number of phenols is 1. The number of benzene rings is 1. The number of urea groups is 1. The highest BCUT2D eigenvalue weighted by Gasteiger charge is 2.10. The summed E-state index contributed by atoms with van der Waals surface area (Å²) in [6.07, 6.45) is 0. The van der Waals surface area contributed by atoms with Crippen LogP contribution < -0.4 is 16.4 Å². The number of amides is 3. The molecule has 0 unspecified atom stereocenters. The van der Waals surface area contributed by atoms with Crippen LogP contribution >= 0.6 is 11.6 Å². The van der Waals surface area contributed by atoms with E-state index in [0.29, 0.717) is 5.02 Å². The van der Waals surface area contributed by atoms with Crippen molar-refractivity contribution in [1.82, 2.24) is 10.6 Å². The fourth-order valence-corrected chi connectivity index (χ4v) is 1.32. The molecule has 5 N–H and O–H groups in total. The van der Waals surface area contributed by atoms with Gasteiger partial charge in [0.25, 0.3) is 5.91 Å². The van der Waals surface area contributed by atoms with Crippen LogP contribution in [0.3, 0.4) is 0 Å². The monoisotopic (exact) mass is 257 g/mol. The van der Waals surface area contributed by atoms with Crippen LogP contribution in [0, 0.1) is 0 Å². The largest absolute Gasteiger partial charge is 0.507 e. The molecule has 6 nitrogen and oxygen atoms in total. The number of primary amides is 1. The van der Waals surface area contributed by atoms with Gasteiger partial charge in [-0.3, -0.25) is 4.79 Å². The maximum absolute atomic E-state index is 11.6. The summed E-state index contributed by atoms with van der Waals surface area (Å²) < 4.78 is 0. The summed E-state index contributed by atoms with van der Waals surface area (Å²) in [6.45, 7) is 0.430. The van der Waals surface area contributed by atoms with E-state index in [1.54, 1.807) is 0 Å². The van der Waals surface area contributed by atoms with Crippen molar-refractivity contribution in [2.24, 2.45) is 5.73 Å². The number of aromatic hydroxyl groups is 1. The zero-order valence-corrected chi connectivity index (χ0v) is 9.62. The first-order valence-corrected chi connectivity index (χ1v) is 5.18. The van der Waals surface area contributed by atoms with Crippen molar-refractivity contribution in [2.45, 2.75) is 0 Å². The molecule has 1 aromatic rings. The van der Waals surface area contributed by atoms with Gasteiger partial charge in [-0.05, 0) is 18.2 Å². The van der Waals surface area contributed by atoms with Crippen LogP contribution in [0.15, 0.2) is 18.2 Å². The molecule has 0 saturated heterocycles. The number of halogens is 1. The van der Waals surface area contributed by atoms with Crippen LogP contribution in [0.5, 0.6) is 5.75 Å². The molecule has 0 spiro atoms. The lowest BCUT2D eigenvalue weighted by molar-refractivity contribution is 0.0951. The van der Waals surface area contributed by atoms with E-state index in [2.05, 4.69) is 10.6 Å². The first-order valence-electron chi connectivity index (χ1n) is 4.80. The number of carbonyl (C=O) groups excluding carboxylic acids is 2. The average molecular weight is 258 g/mol. The van der Waals surface area contributed by atoms with Gasteiger partial charge in [-0.1, -0.05) is 11.6 Å². The fourth-order valence-electron chi connectivity index (χ4n) is 1.15. The van der Waals surface area contributed by atoms with Gasteiger partial charge in [0.15, 0.2) is 0 Å². The van der Waals surface area contributed by atoms with Crippen LogP contribution in [-0.4, -0.2) is 30.1 Å². The van der Waals surface area contributed by atoms with Crippen molar-refractivity contribution in [3.8, 4) is 5.75 Å². The lowest BCUT2D eigenvalue weighted by Gasteiger charge is -2.07. The summed E-state index contributed by atoms with van der Waals surface area (Å²) >= 11 is 5.63. The lowest BCUT2D eigenvalue weighted by Crippen LogP contribution is -2.37. The Kier molecular flexibility index (Phi) is 4.59. The number of carbonyl (C=O) groups is 2. The van der Waals surface area contributed by atoms with Gasteiger partial charge in [-0.25, -0.2) is 4.79 Å². The number of rotatable bonds is 4. The molecule has 0 atom stereocenters. The van der Waals surface area contributed by atoms with E-state index in [1.807, 2.05) is 0 Å². The smallest absolute Gasteiger partial charge is 0.312 e. The van der Waals surface area contributed by atoms with E-state index in [0.717, 1.165) is 0 Å². The second kappa shape index (κ2) is 5.95. The van der Waals surface area contributed by atoms with Gasteiger partial charge in [0, 0.05) is 18.1 Å². The first kappa shape index (κ1) is 13.1. The zero-order chi connectivity index (χ0) is 12.8. The van der Waals surface area contributed by atoms with Crippen molar-refractivity contribution >= 4 is 23.5 Å². The number of nitrogens with two attached hydrogens (primary N) is 1. The molecule has 17 heavy (non-hydrogen) atoms. The molecular weight excluding hydrogens is 246 g/mol. The van der Waals surface area contributed by atoms with Crippen molar-refractivity contribution in [1.29, 1.82) is 0 Å². The number of nitrogens with one attached hydrogen (secondary N) is 2. The second-order valence-corrected chi connectivity index (χ2v) is 3.64. The van der Waals surface area contributed by atoms with E-state index in [9.17, 15) is 14.7 Å². The molecule has 0 aromatic heterocycles. The number of hydrogen-bond donors (Lipinski definition) is 4. The molecule has 92 valence electrons. The first-order chi connectivity index (χ1) is 8.00. The average Bonchev–Trinajstić information content (AvgIpc) is 2.23. The van der Waals surface area contributed by atoms with Crippen LogP contribution in [0.1, 0.15) is 10.4 Å². The van der Waals surface area contributed by atoms with Crippen molar-refractivity contribution in [3.63, 3.8) is 0 Å². The van der Waals surface area contributed by atoms with Gasteiger partial charge in [0.05, 0.1) is 5.56 Å². The highest BCUT2D eigenvalue weighted by atomic mass is 35.5. The Bertz CT molecular complexity index is 437. The second-order valence-electron chi connectivity index (χ2n) is 3.21. The molecule has 0 heterocycles. The Labute approximate surface area is 103 Å². The lowest BCUT2D eigenvalue weighted by atomic mass is 10.2. The molecule has 0 fully saturated rings. The molecule has 3 amide bonds. The highest BCUT2D eigenvalue weighted by Crippen LogP contribution is 2.21. The summed E-state index contributed by atoms with van der Waals surface area (Å²) in [6, 6.07) is 3.53. The van der Waals surface area contributed by atoms with Crippen LogP contribution in [0.4, 0.5) is 4.79 Å². The summed E-state index contributed by atoms with van der Waals surface area (Å²) in [5, 5.41) is 14.6. The molecule has 7 heteroatoms. The van der Waals surface area contributed by atoms with Crippen LogP contribution in [-0.2, 0) is 0 Å². The number of hydrogen-bond acceptors (Lipinski definition) is 3. The van der Waals surface area contributed by atoms with E-state index in [4.69, 9.17) is 17.3 Å². The highest BCUT2D eigenvalue weighted by molar-refractivity contribution is 6.30. The predicted molar refractivity (Wildman–Crippen MR) is 63.0 cm³/mol. The standard InChI is InChI=1S/C10H12ClN3O3/c11-6-1-2-7(8(15)5-6)9(16)13-3-4-14-10(12)17/h1-2,5,15H,3-4H2,(H,13,16)(H3,12,14,17). The van der Waals surface area contributed by atoms with E-state index in [1.165, 1.54) is 18.2 Å². The summed E-state index contributed by atoms with van der Waals surface area (Å²) in [7, 11) is 0. The molecule has 0 aliphatic heterocycles. The van der Waals surface area contributed by atoms with Gasteiger partial charge in [-0.2, -0.15) is 0 Å². The SMILES string of the molecule is NC(=O)NCCNC(=O)c1ccc(Cl)cc1O. The molecule has 0 bridgehead atoms. The molecule has 1 aromatic carbocycles. The van der Waals surface area contributed by atoms with E-state index in [-0.39, 0.29) is 24.4 Å². The van der Waals surface area contributed by atoms with Crippen molar-refractivity contribution in [3.05, 3.63) is 28.8 Å². The summed E-state index contributed by atoms with van der Waals surface area (Å²) in [4.78, 5) is 21.9. The Hall–Kier alpha value is -1.95.